The first kappa shape index (κ1) is 22.8. The molecule has 0 unspecified atom stereocenters. The SMILES string of the molecule is COc1cc(C=NNC(=O)C(=O)Nc2cccc(Cl)c2C)ccc1OCc1ccccc1. The van der Waals surface area contributed by atoms with Gasteiger partial charge in [0.15, 0.2) is 11.5 Å². The van der Waals surface area contributed by atoms with E-state index in [9.17, 15) is 9.59 Å². The number of methoxy groups -OCH3 is 1. The molecule has 3 aromatic rings. The highest BCUT2D eigenvalue weighted by molar-refractivity contribution is 6.40. The lowest BCUT2D eigenvalue weighted by Gasteiger charge is -2.11. The van der Waals surface area contributed by atoms with E-state index in [1.807, 2.05) is 30.3 Å². The number of carbonyl (C=O) groups is 2. The lowest BCUT2D eigenvalue weighted by molar-refractivity contribution is -0.136. The van der Waals surface area contributed by atoms with Crippen LogP contribution in [0.5, 0.6) is 11.5 Å². The minimum atomic E-state index is -0.907. The maximum atomic E-state index is 12.1. The van der Waals surface area contributed by atoms with Crippen LogP contribution in [-0.2, 0) is 16.2 Å². The fraction of sp³-hybridized carbons (Fsp3) is 0.125. The van der Waals surface area contributed by atoms with Crippen molar-refractivity contribution in [3.8, 4) is 11.5 Å². The van der Waals surface area contributed by atoms with Gasteiger partial charge in [-0.15, -0.1) is 0 Å². The summed E-state index contributed by atoms with van der Waals surface area (Å²) in [5, 5.41) is 6.83. The smallest absolute Gasteiger partial charge is 0.329 e. The molecular formula is C24H22ClN3O4. The summed E-state index contributed by atoms with van der Waals surface area (Å²) in [5.74, 6) is -0.663. The summed E-state index contributed by atoms with van der Waals surface area (Å²) in [6.07, 6.45) is 1.40. The third-order valence-corrected chi connectivity index (χ3v) is 4.94. The molecule has 0 radical (unpaired) electrons. The number of rotatable bonds is 7. The Morgan fingerprint density at radius 3 is 2.53 bits per heavy atom. The summed E-state index contributed by atoms with van der Waals surface area (Å²) >= 11 is 6.02. The molecule has 32 heavy (non-hydrogen) atoms. The first-order valence-corrected chi connectivity index (χ1v) is 10.1. The molecule has 3 aromatic carbocycles. The predicted molar refractivity (Wildman–Crippen MR) is 124 cm³/mol. The summed E-state index contributed by atoms with van der Waals surface area (Å²) in [7, 11) is 1.54. The lowest BCUT2D eigenvalue weighted by Crippen LogP contribution is -2.32. The number of carbonyl (C=O) groups excluding carboxylic acids is 2. The summed E-state index contributed by atoms with van der Waals surface area (Å²) < 4.78 is 11.2. The van der Waals surface area contributed by atoms with Crippen LogP contribution in [0.4, 0.5) is 5.69 Å². The van der Waals surface area contributed by atoms with Gasteiger partial charge in [0, 0.05) is 10.7 Å². The van der Waals surface area contributed by atoms with E-state index in [2.05, 4.69) is 15.8 Å². The molecule has 2 amide bonds. The van der Waals surface area contributed by atoms with Crippen LogP contribution in [0.2, 0.25) is 5.02 Å². The van der Waals surface area contributed by atoms with Gasteiger partial charge in [-0.3, -0.25) is 9.59 Å². The van der Waals surface area contributed by atoms with Crippen molar-refractivity contribution in [2.24, 2.45) is 5.10 Å². The number of ether oxygens (including phenoxy) is 2. The predicted octanol–water partition coefficient (Wildman–Crippen LogP) is 4.32. The number of benzene rings is 3. The van der Waals surface area contributed by atoms with Gasteiger partial charge in [-0.1, -0.05) is 48.0 Å². The zero-order valence-corrected chi connectivity index (χ0v) is 18.3. The third-order valence-electron chi connectivity index (χ3n) is 4.53. The van der Waals surface area contributed by atoms with E-state index in [1.165, 1.54) is 13.3 Å². The van der Waals surface area contributed by atoms with Gasteiger partial charge in [0.1, 0.15) is 6.61 Å². The number of anilines is 1. The highest BCUT2D eigenvalue weighted by Gasteiger charge is 2.14. The zero-order chi connectivity index (χ0) is 22.9. The van der Waals surface area contributed by atoms with Crippen molar-refractivity contribution in [2.45, 2.75) is 13.5 Å². The molecular weight excluding hydrogens is 430 g/mol. The van der Waals surface area contributed by atoms with Crippen LogP contribution in [0.15, 0.2) is 71.8 Å². The fourth-order valence-electron chi connectivity index (χ4n) is 2.76. The molecule has 7 nitrogen and oxygen atoms in total. The van der Waals surface area contributed by atoms with E-state index in [4.69, 9.17) is 21.1 Å². The molecule has 0 saturated carbocycles. The van der Waals surface area contributed by atoms with Gasteiger partial charge in [0.25, 0.3) is 0 Å². The van der Waals surface area contributed by atoms with Crippen molar-refractivity contribution in [1.29, 1.82) is 0 Å². The van der Waals surface area contributed by atoms with E-state index in [1.54, 1.807) is 43.3 Å². The van der Waals surface area contributed by atoms with Crippen LogP contribution in [0.25, 0.3) is 0 Å². The Morgan fingerprint density at radius 2 is 1.78 bits per heavy atom. The average Bonchev–Trinajstić information content (AvgIpc) is 2.81. The van der Waals surface area contributed by atoms with Gasteiger partial charge in [0.05, 0.1) is 13.3 Å². The van der Waals surface area contributed by atoms with Crippen LogP contribution in [0.3, 0.4) is 0 Å². The largest absolute Gasteiger partial charge is 0.493 e. The minimum absolute atomic E-state index is 0.405. The fourth-order valence-corrected chi connectivity index (χ4v) is 2.93. The van der Waals surface area contributed by atoms with Crippen molar-refractivity contribution >= 4 is 35.3 Å². The van der Waals surface area contributed by atoms with Crippen molar-refractivity contribution < 1.29 is 19.1 Å². The standard InChI is InChI=1S/C24H22ClN3O4/c1-16-19(25)9-6-10-20(16)27-23(29)24(30)28-26-14-18-11-12-21(22(13-18)31-2)32-15-17-7-4-3-5-8-17/h3-14H,15H2,1-2H3,(H,27,29)(H,28,30). The average molecular weight is 452 g/mol. The number of nitrogens with one attached hydrogen (secondary N) is 2. The number of nitrogens with zero attached hydrogens (tertiary/aromatic N) is 1. The lowest BCUT2D eigenvalue weighted by atomic mass is 10.2. The molecule has 0 aliphatic rings. The molecule has 3 rings (SSSR count). The quantitative estimate of drug-likeness (QED) is 0.318. The monoisotopic (exact) mass is 451 g/mol. The summed E-state index contributed by atoms with van der Waals surface area (Å²) in [6.45, 7) is 2.15. The van der Waals surface area contributed by atoms with Crippen LogP contribution in [0.1, 0.15) is 16.7 Å². The number of hydrogen-bond donors (Lipinski definition) is 2. The Labute approximate surface area is 191 Å². The number of amides is 2. The molecule has 0 saturated heterocycles. The van der Waals surface area contributed by atoms with Gasteiger partial charge >= 0.3 is 11.8 Å². The molecule has 0 aliphatic carbocycles. The highest BCUT2D eigenvalue weighted by atomic mass is 35.5. The van der Waals surface area contributed by atoms with E-state index in [0.717, 1.165) is 5.56 Å². The Kier molecular flexibility index (Phi) is 7.83. The number of halogens is 1. The van der Waals surface area contributed by atoms with Gasteiger partial charge in [-0.05, 0) is 53.9 Å². The van der Waals surface area contributed by atoms with Gasteiger partial charge in [0.2, 0.25) is 0 Å². The van der Waals surface area contributed by atoms with E-state index >= 15 is 0 Å². The second kappa shape index (κ2) is 11.0. The van der Waals surface area contributed by atoms with Crippen LogP contribution in [0, 0.1) is 6.92 Å². The molecule has 0 aliphatic heterocycles. The van der Waals surface area contributed by atoms with Gasteiger partial charge in [-0.25, -0.2) is 5.43 Å². The molecule has 0 atom stereocenters. The zero-order valence-electron chi connectivity index (χ0n) is 17.6. The Hall–Kier alpha value is -3.84. The second-order valence-electron chi connectivity index (χ2n) is 6.75. The van der Waals surface area contributed by atoms with E-state index in [-0.39, 0.29) is 0 Å². The van der Waals surface area contributed by atoms with Crippen molar-refractivity contribution in [3.63, 3.8) is 0 Å². The second-order valence-corrected chi connectivity index (χ2v) is 7.16. The van der Waals surface area contributed by atoms with Gasteiger partial charge in [-0.2, -0.15) is 5.10 Å². The van der Waals surface area contributed by atoms with Crippen molar-refractivity contribution in [2.75, 3.05) is 12.4 Å². The molecule has 164 valence electrons. The topological polar surface area (TPSA) is 89.0 Å². The van der Waals surface area contributed by atoms with E-state index in [0.29, 0.717) is 39.9 Å². The summed E-state index contributed by atoms with van der Waals surface area (Å²) in [5.41, 5.74) is 5.01. The summed E-state index contributed by atoms with van der Waals surface area (Å²) in [4.78, 5) is 24.1. The van der Waals surface area contributed by atoms with Crippen LogP contribution < -0.4 is 20.2 Å². The first-order chi connectivity index (χ1) is 15.5. The molecule has 0 heterocycles. The molecule has 8 heteroatoms. The third kappa shape index (κ3) is 6.09. The number of hydrazone groups is 1. The van der Waals surface area contributed by atoms with Crippen molar-refractivity contribution in [3.05, 3.63) is 88.4 Å². The first-order valence-electron chi connectivity index (χ1n) is 9.72. The molecule has 2 N–H and O–H groups in total. The Bertz CT molecular complexity index is 1130. The molecule has 0 fully saturated rings. The Morgan fingerprint density at radius 1 is 1.00 bits per heavy atom. The molecule has 0 bridgehead atoms. The summed E-state index contributed by atoms with van der Waals surface area (Å²) in [6, 6.07) is 20.0. The Balaban J connectivity index is 1.57. The molecule has 0 aromatic heterocycles. The van der Waals surface area contributed by atoms with E-state index < -0.39 is 11.8 Å². The highest BCUT2D eigenvalue weighted by Crippen LogP contribution is 2.28. The van der Waals surface area contributed by atoms with Crippen LogP contribution >= 0.6 is 11.6 Å². The van der Waals surface area contributed by atoms with Gasteiger partial charge < -0.3 is 14.8 Å². The van der Waals surface area contributed by atoms with Crippen LogP contribution in [-0.4, -0.2) is 25.1 Å². The normalized spacial score (nSPS) is 10.6. The maximum Gasteiger partial charge on any atom is 0.329 e. The number of hydrogen-bond acceptors (Lipinski definition) is 5. The maximum absolute atomic E-state index is 12.1. The van der Waals surface area contributed by atoms with Crippen molar-refractivity contribution in [1.82, 2.24) is 5.43 Å². The minimum Gasteiger partial charge on any atom is -0.493 e. The molecule has 0 spiro atoms.